The molecule has 0 saturated carbocycles. The maximum atomic E-state index is 4.62. The minimum atomic E-state index is -0.462. The molecule has 7 aromatic carbocycles. The van der Waals surface area contributed by atoms with Crippen LogP contribution in [0, 0.1) is 0 Å². The highest BCUT2D eigenvalue weighted by molar-refractivity contribution is 6.16. The van der Waals surface area contributed by atoms with Gasteiger partial charge in [0.25, 0.3) is 0 Å². The molecular formula is C51H32N4. The Labute approximate surface area is 317 Å². The lowest BCUT2D eigenvalue weighted by Gasteiger charge is -2.33. The fourth-order valence-electron chi connectivity index (χ4n) is 9.55. The smallest absolute Gasteiger partial charge is 0.148 e. The minimum absolute atomic E-state index is 0.462. The summed E-state index contributed by atoms with van der Waals surface area (Å²) >= 11 is 0. The van der Waals surface area contributed by atoms with E-state index in [4.69, 9.17) is 0 Å². The van der Waals surface area contributed by atoms with E-state index in [1.807, 2.05) is 18.5 Å². The Morgan fingerprint density at radius 2 is 1.07 bits per heavy atom. The molecule has 10 aromatic rings. The molecule has 1 aliphatic heterocycles. The maximum Gasteiger partial charge on any atom is 0.148 e. The first kappa shape index (κ1) is 30.2. The van der Waals surface area contributed by atoms with Gasteiger partial charge in [-0.05, 0) is 81.4 Å². The first-order valence-corrected chi connectivity index (χ1v) is 18.8. The Bertz CT molecular complexity index is 3130. The van der Waals surface area contributed by atoms with Gasteiger partial charge in [0.15, 0.2) is 0 Å². The molecule has 0 saturated heterocycles. The van der Waals surface area contributed by atoms with Crippen LogP contribution in [0.2, 0.25) is 0 Å². The highest BCUT2D eigenvalue weighted by Gasteiger charge is 2.47. The highest BCUT2D eigenvalue weighted by atomic mass is 15.1. The van der Waals surface area contributed by atoms with Crippen LogP contribution in [0.25, 0.3) is 66.5 Å². The molecule has 0 unspecified atom stereocenters. The predicted octanol–water partition coefficient (Wildman–Crippen LogP) is 12.2. The molecule has 12 rings (SSSR count). The molecule has 0 fully saturated rings. The Morgan fingerprint density at radius 3 is 1.76 bits per heavy atom. The number of nitrogens with zero attached hydrogens (tertiary/aromatic N) is 4. The average Bonchev–Trinajstić information content (AvgIpc) is 3.82. The van der Waals surface area contributed by atoms with Crippen molar-refractivity contribution in [2.45, 2.75) is 5.41 Å². The van der Waals surface area contributed by atoms with E-state index in [9.17, 15) is 0 Å². The molecular weight excluding hydrogens is 669 g/mol. The Balaban J connectivity index is 1.04. The van der Waals surface area contributed by atoms with Gasteiger partial charge in [-0.15, -0.1) is 0 Å². The zero-order valence-electron chi connectivity index (χ0n) is 29.8. The highest BCUT2D eigenvalue weighted by Crippen LogP contribution is 2.58. The molecule has 0 radical (unpaired) electrons. The van der Waals surface area contributed by atoms with Gasteiger partial charge >= 0.3 is 0 Å². The van der Waals surface area contributed by atoms with Crippen LogP contribution in [-0.4, -0.2) is 20.3 Å². The quantitative estimate of drug-likeness (QED) is 0.176. The van der Waals surface area contributed by atoms with Gasteiger partial charge in [-0.3, -0.25) is 9.55 Å². The van der Waals surface area contributed by atoms with E-state index >= 15 is 0 Å². The van der Waals surface area contributed by atoms with E-state index in [2.05, 4.69) is 195 Å². The lowest BCUT2D eigenvalue weighted by atomic mass is 9.67. The summed E-state index contributed by atoms with van der Waals surface area (Å²) in [5.74, 6) is 0.968. The minimum Gasteiger partial charge on any atom is -0.309 e. The molecule has 4 nitrogen and oxygen atoms in total. The summed E-state index contributed by atoms with van der Waals surface area (Å²) in [6, 6.07) is 66.7. The van der Waals surface area contributed by atoms with Crippen molar-refractivity contribution in [2.75, 3.05) is 0 Å². The van der Waals surface area contributed by atoms with Crippen LogP contribution in [0.15, 0.2) is 193 Å². The molecule has 2 aliphatic rings. The molecule has 0 spiro atoms. The molecule has 0 N–H and O–H groups in total. The normalized spacial score (nSPS) is 13.5. The van der Waals surface area contributed by atoms with Gasteiger partial charge in [-0.1, -0.05) is 140 Å². The lowest BCUT2D eigenvalue weighted by molar-refractivity contribution is 0.769. The SMILES string of the molecule is C1=Nc2c1c1ncccc1n2-c1ccc(-c2ccc(-n3c4ccccc4c4ccc5c(c43)-c3ccccc3C5(c3ccccc3)c3ccccc3)cc2)cc1. The first-order chi connectivity index (χ1) is 27.3. The number of benzene rings is 7. The van der Waals surface area contributed by atoms with E-state index in [0.29, 0.717) is 0 Å². The molecule has 3 aromatic heterocycles. The zero-order valence-corrected chi connectivity index (χ0v) is 29.8. The Morgan fingerprint density at radius 1 is 0.455 bits per heavy atom. The fraction of sp³-hybridized carbons (Fsp3) is 0.0196. The Hall–Kier alpha value is -7.30. The third-order valence-electron chi connectivity index (χ3n) is 11.9. The number of para-hydroxylation sites is 1. The van der Waals surface area contributed by atoms with Gasteiger partial charge in [0.05, 0.1) is 33.0 Å². The molecule has 0 atom stereocenters. The molecule has 4 heteroatoms. The summed E-state index contributed by atoms with van der Waals surface area (Å²) in [6.45, 7) is 0. The number of rotatable bonds is 5. The number of aromatic nitrogens is 3. The van der Waals surface area contributed by atoms with Crippen molar-refractivity contribution in [3.8, 4) is 33.6 Å². The monoisotopic (exact) mass is 700 g/mol. The van der Waals surface area contributed by atoms with Crippen LogP contribution >= 0.6 is 0 Å². The van der Waals surface area contributed by atoms with Crippen LogP contribution in [0.5, 0.6) is 0 Å². The summed E-state index contributed by atoms with van der Waals surface area (Å²) in [7, 11) is 0. The van der Waals surface area contributed by atoms with Crippen LogP contribution in [0.1, 0.15) is 27.8 Å². The summed E-state index contributed by atoms with van der Waals surface area (Å²) in [6.07, 6.45) is 3.75. The topological polar surface area (TPSA) is 35.1 Å². The summed E-state index contributed by atoms with van der Waals surface area (Å²) in [4.78, 5) is 9.19. The first-order valence-electron chi connectivity index (χ1n) is 18.8. The Kier molecular flexibility index (Phi) is 6.23. The van der Waals surface area contributed by atoms with Crippen LogP contribution in [-0.2, 0) is 5.41 Å². The van der Waals surface area contributed by atoms with Gasteiger partial charge in [0, 0.05) is 40.1 Å². The summed E-state index contributed by atoms with van der Waals surface area (Å²) < 4.78 is 4.69. The zero-order chi connectivity index (χ0) is 36.1. The van der Waals surface area contributed by atoms with Gasteiger partial charge in [-0.25, -0.2) is 4.99 Å². The number of aliphatic imine (C=N–C) groups is 1. The summed E-state index contributed by atoms with van der Waals surface area (Å²) in [5, 5.41) is 2.51. The fourth-order valence-corrected chi connectivity index (χ4v) is 9.55. The second kappa shape index (κ2) is 11.3. The second-order valence-electron chi connectivity index (χ2n) is 14.6. The van der Waals surface area contributed by atoms with Crippen molar-refractivity contribution in [1.82, 2.24) is 14.1 Å². The van der Waals surface area contributed by atoms with E-state index in [-0.39, 0.29) is 0 Å². The summed E-state index contributed by atoms with van der Waals surface area (Å²) in [5.41, 5.74) is 17.5. The average molecular weight is 701 g/mol. The maximum absolute atomic E-state index is 4.62. The molecule has 0 amide bonds. The van der Waals surface area contributed by atoms with Crippen molar-refractivity contribution in [3.05, 3.63) is 216 Å². The van der Waals surface area contributed by atoms with Crippen molar-refractivity contribution in [2.24, 2.45) is 4.99 Å². The van der Waals surface area contributed by atoms with Crippen molar-refractivity contribution in [3.63, 3.8) is 0 Å². The van der Waals surface area contributed by atoms with Gasteiger partial charge in [0.1, 0.15) is 5.82 Å². The third-order valence-corrected chi connectivity index (χ3v) is 11.9. The van der Waals surface area contributed by atoms with Crippen molar-refractivity contribution in [1.29, 1.82) is 0 Å². The van der Waals surface area contributed by atoms with E-state index in [1.165, 1.54) is 66.3 Å². The van der Waals surface area contributed by atoms with E-state index in [1.54, 1.807) is 0 Å². The molecule has 1 aliphatic carbocycles. The third kappa shape index (κ3) is 4.05. The van der Waals surface area contributed by atoms with Crippen LogP contribution in [0.3, 0.4) is 0 Å². The standard InChI is InChI=1S/C51H32N4/c1-3-12-35(13-4-1)51(36-14-5-2-6-15-36)43-18-9-7-17-41(43)47-44(51)30-29-40-39-16-8-10-19-45(39)54(49(40)47)37-25-21-33(22-26-37)34-23-27-38(28-24-34)55-46-20-11-31-52-48(46)42-32-53-50(42)55/h1-32H. The number of pyridine rings is 1. The van der Waals surface area contributed by atoms with Gasteiger partial charge in [-0.2, -0.15) is 0 Å². The van der Waals surface area contributed by atoms with Crippen molar-refractivity contribution < 1.29 is 0 Å². The molecule has 55 heavy (non-hydrogen) atoms. The number of hydrogen-bond donors (Lipinski definition) is 0. The van der Waals surface area contributed by atoms with E-state index in [0.717, 1.165) is 33.8 Å². The molecule has 0 bridgehead atoms. The number of hydrogen-bond acceptors (Lipinski definition) is 2. The van der Waals surface area contributed by atoms with Crippen LogP contribution in [0.4, 0.5) is 5.82 Å². The predicted molar refractivity (Wildman–Crippen MR) is 225 cm³/mol. The lowest BCUT2D eigenvalue weighted by Crippen LogP contribution is -2.28. The van der Waals surface area contributed by atoms with Crippen molar-refractivity contribution >= 4 is 44.9 Å². The molecule has 256 valence electrons. The number of fused-ring (bicyclic) bond motifs is 10. The van der Waals surface area contributed by atoms with Gasteiger partial charge < -0.3 is 4.57 Å². The largest absolute Gasteiger partial charge is 0.309 e. The molecule has 4 heterocycles. The second-order valence-corrected chi connectivity index (χ2v) is 14.6. The van der Waals surface area contributed by atoms with E-state index < -0.39 is 5.41 Å². The van der Waals surface area contributed by atoms with Gasteiger partial charge in [0.2, 0.25) is 0 Å². The van der Waals surface area contributed by atoms with Crippen LogP contribution < -0.4 is 0 Å².